The van der Waals surface area contributed by atoms with Gasteiger partial charge in [-0.3, -0.25) is 4.72 Å². The van der Waals surface area contributed by atoms with Gasteiger partial charge >= 0.3 is 0 Å². The highest BCUT2D eigenvalue weighted by molar-refractivity contribution is 7.92. The summed E-state index contributed by atoms with van der Waals surface area (Å²) in [5, 5.41) is 4.17. The Morgan fingerprint density at radius 2 is 1.90 bits per heavy atom. The minimum atomic E-state index is -3.31. The van der Waals surface area contributed by atoms with Crippen LogP contribution in [0.1, 0.15) is 38.3 Å². The van der Waals surface area contributed by atoms with Crippen molar-refractivity contribution < 1.29 is 13.2 Å². The van der Waals surface area contributed by atoms with Crippen LogP contribution in [0, 0.1) is 0 Å². The second-order valence-electron chi connectivity index (χ2n) is 8.37. The molecule has 0 aromatic heterocycles. The first-order chi connectivity index (χ1) is 14.0. The largest absolute Gasteiger partial charge is 0.483 e. The molecule has 162 valence electrons. The van der Waals surface area contributed by atoms with Crippen molar-refractivity contribution in [3.63, 3.8) is 0 Å². The molecule has 2 aromatic rings. The van der Waals surface area contributed by atoms with Gasteiger partial charge in [-0.2, -0.15) is 0 Å². The lowest BCUT2D eigenvalue weighted by Crippen LogP contribution is -2.33. The number of hydrogen-bond donors (Lipinski definition) is 2. The highest BCUT2D eigenvalue weighted by Gasteiger charge is 2.26. The van der Waals surface area contributed by atoms with Crippen LogP contribution in [0.5, 0.6) is 5.75 Å². The van der Waals surface area contributed by atoms with E-state index in [1.54, 1.807) is 12.1 Å². The van der Waals surface area contributed by atoms with Crippen molar-refractivity contribution in [2.75, 3.05) is 17.5 Å². The molecule has 30 heavy (non-hydrogen) atoms. The van der Waals surface area contributed by atoms with Gasteiger partial charge in [-0.15, -0.1) is 0 Å². The van der Waals surface area contributed by atoms with E-state index >= 15 is 0 Å². The zero-order chi connectivity index (χ0) is 21.9. The van der Waals surface area contributed by atoms with E-state index in [9.17, 15) is 8.42 Å². The molecule has 0 saturated carbocycles. The topological polar surface area (TPSA) is 67.4 Å². The van der Waals surface area contributed by atoms with Crippen LogP contribution >= 0.6 is 11.6 Å². The summed E-state index contributed by atoms with van der Waals surface area (Å²) in [6.45, 7) is 7.05. The highest BCUT2D eigenvalue weighted by Crippen LogP contribution is 2.35. The van der Waals surface area contributed by atoms with E-state index in [-0.39, 0.29) is 11.6 Å². The molecule has 0 amide bonds. The third-order valence-electron chi connectivity index (χ3n) is 4.97. The van der Waals surface area contributed by atoms with Gasteiger partial charge < -0.3 is 10.1 Å². The maximum atomic E-state index is 11.4. The number of ether oxygens (including phenoxy) is 1. The summed E-state index contributed by atoms with van der Waals surface area (Å²) in [5.41, 5.74) is 3.52. The number of anilines is 1. The van der Waals surface area contributed by atoms with Crippen molar-refractivity contribution in [2.24, 2.45) is 0 Å². The molecule has 1 aliphatic heterocycles. The van der Waals surface area contributed by atoms with E-state index in [4.69, 9.17) is 16.3 Å². The molecule has 1 atom stereocenters. The molecule has 0 aliphatic carbocycles. The fraction of sp³-hybridized carbons (Fsp3) is 0.391. The monoisotopic (exact) mass is 448 g/mol. The Morgan fingerprint density at radius 3 is 2.60 bits per heavy atom. The molecule has 1 heterocycles. The van der Waals surface area contributed by atoms with Gasteiger partial charge in [-0.05, 0) is 69.0 Å². The van der Waals surface area contributed by atoms with Gasteiger partial charge in [0.05, 0.1) is 6.26 Å². The smallest absolute Gasteiger partial charge is 0.229 e. The van der Waals surface area contributed by atoms with Crippen LogP contribution in [0.4, 0.5) is 5.69 Å². The van der Waals surface area contributed by atoms with E-state index in [1.165, 1.54) is 5.57 Å². The molecule has 7 heteroatoms. The zero-order valence-corrected chi connectivity index (χ0v) is 19.4. The Labute approximate surface area is 184 Å². The Bertz CT molecular complexity index is 1050. The number of aryl methyl sites for hydroxylation is 1. The molecule has 1 aliphatic rings. The maximum Gasteiger partial charge on any atom is 0.229 e. The third kappa shape index (κ3) is 6.24. The number of para-hydroxylation sites is 1. The zero-order valence-electron chi connectivity index (χ0n) is 17.8. The van der Waals surface area contributed by atoms with Crippen LogP contribution in [0.15, 0.2) is 48.5 Å². The molecule has 0 spiro atoms. The third-order valence-corrected chi connectivity index (χ3v) is 5.93. The van der Waals surface area contributed by atoms with E-state index in [0.29, 0.717) is 10.7 Å². The Balaban J connectivity index is 1.58. The van der Waals surface area contributed by atoms with E-state index in [0.717, 1.165) is 42.5 Å². The molecule has 5 nitrogen and oxygen atoms in total. The highest BCUT2D eigenvalue weighted by atomic mass is 35.5. The number of halogens is 1. The lowest BCUT2D eigenvalue weighted by Gasteiger charge is -2.31. The van der Waals surface area contributed by atoms with Gasteiger partial charge in [0.2, 0.25) is 10.0 Å². The van der Waals surface area contributed by atoms with Crippen LogP contribution in [-0.4, -0.2) is 32.9 Å². The number of benzene rings is 2. The molecular formula is C23H29ClN2O3S. The average Bonchev–Trinajstić information content (AvgIpc) is 2.63. The minimum absolute atomic E-state index is 0.286. The summed E-state index contributed by atoms with van der Waals surface area (Å²) in [5.74, 6) is 0.920. The Morgan fingerprint density at radius 1 is 1.17 bits per heavy atom. The van der Waals surface area contributed by atoms with Crippen LogP contribution in [0.3, 0.4) is 0 Å². The van der Waals surface area contributed by atoms with Gasteiger partial charge in [-0.1, -0.05) is 35.9 Å². The fourth-order valence-electron chi connectivity index (χ4n) is 3.56. The number of rotatable bonds is 8. The number of nitrogens with one attached hydrogen (secondary N) is 2. The second-order valence-corrected chi connectivity index (χ2v) is 10.5. The molecule has 0 fully saturated rings. The summed E-state index contributed by atoms with van der Waals surface area (Å²) in [6.07, 6.45) is 5.01. The normalized spacial score (nSPS) is 16.2. The number of hydrogen-bond acceptors (Lipinski definition) is 4. The molecule has 2 N–H and O–H groups in total. The van der Waals surface area contributed by atoms with Crippen molar-refractivity contribution in [2.45, 2.75) is 45.3 Å². The van der Waals surface area contributed by atoms with Gasteiger partial charge in [0.25, 0.3) is 0 Å². The van der Waals surface area contributed by atoms with Crippen LogP contribution in [-0.2, 0) is 16.4 Å². The van der Waals surface area contributed by atoms with Gasteiger partial charge in [0.1, 0.15) is 11.4 Å². The summed E-state index contributed by atoms with van der Waals surface area (Å²) in [7, 11) is -3.31. The number of fused-ring (bicyclic) bond motifs is 1. The molecule has 2 aromatic carbocycles. The van der Waals surface area contributed by atoms with Gasteiger partial charge in [0, 0.05) is 28.9 Å². The van der Waals surface area contributed by atoms with Gasteiger partial charge in [-0.25, -0.2) is 8.42 Å². The lowest BCUT2D eigenvalue weighted by atomic mass is 9.94. The van der Waals surface area contributed by atoms with Crippen molar-refractivity contribution in [3.05, 3.63) is 64.7 Å². The van der Waals surface area contributed by atoms with Crippen LogP contribution in [0.25, 0.3) is 5.57 Å². The summed E-state index contributed by atoms with van der Waals surface area (Å²) in [6, 6.07) is 13.7. The predicted molar refractivity (Wildman–Crippen MR) is 125 cm³/mol. The first-order valence-corrected chi connectivity index (χ1v) is 12.3. The van der Waals surface area contributed by atoms with Gasteiger partial charge in [0.15, 0.2) is 0 Å². The van der Waals surface area contributed by atoms with E-state index in [1.807, 2.05) is 24.3 Å². The predicted octanol–water partition coefficient (Wildman–Crippen LogP) is 4.88. The van der Waals surface area contributed by atoms with Crippen LogP contribution < -0.4 is 14.8 Å². The van der Waals surface area contributed by atoms with Crippen molar-refractivity contribution in [3.8, 4) is 5.75 Å². The first-order valence-electron chi connectivity index (χ1n) is 10.0. The SMILES string of the molecule is CC(CCc1ccc(NS(C)(=O)=O)cc1Cl)NCC1=CC(C)(C)Oc2ccccc21. The Kier molecular flexibility index (Phi) is 6.80. The number of sulfonamides is 1. The lowest BCUT2D eigenvalue weighted by molar-refractivity contribution is 0.157. The van der Waals surface area contributed by atoms with Crippen molar-refractivity contribution >= 4 is 32.9 Å². The summed E-state index contributed by atoms with van der Waals surface area (Å²) in [4.78, 5) is 0. The Hall–Kier alpha value is -2.02. The molecular weight excluding hydrogens is 420 g/mol. The maximum absolute atomic E-state index is 11.4. The average molecular weight is 449 g/mol. The molecule has 1 unspecified atom stereocenters. The van der Waals surface area contributed by atoms with E-state index in [2.05, 4.69) is 43.0 Å². The van der Waals surface area contributed by atoms with E-state index < -0.39 is 10.0 Å². The standard InChI is InChI=1S/C23H29ClN2O3S/c1-16(9-10-17-11-12-19(13-21(17)24)26-30(4,27)28)25-15-18-14-23(2,3)29-22-8-6-5-7-20(18)22/h5-8,11-14,16,25-26H,9-10,15H2,1-4H3. The summed E-state index contributed by atoms with van der Waals surface area (Å²) < 4.78 is 31.2. The first kappa shape index (κ1) is 22.7. The minimum Gasteiger partial charge on any atom is -0.483 e. The van der Waals surface area contributed by atoms with Crippen LogP contribution in [0.2, 0.25) is 5.02 Å². The molecule has 0 saturated heterocycles. The summed E-state index contributed by atoms with van der Waals surface area (Å²) >= 11 is 6.35. The molecule has 0 bridgehead atoms. The molecule has 0 radical (unpaired) electrons. The van der Waals surface area contributed by atoms with Crippen molar-refractivity contribution in [1.82, 2.24) is 5.32 Å². The fourth-order valence-corrected chi connectivity index (χ4v) is 4.39. The molecule has 3 rings (SSSR count). The van der Waals surface area contributed by atoms with Crippen molar-refractivity contribution in [1.29, 1.82) is 0 Å². The quantitative estimate of drug-likeness (QED) is 0.604. The second kappa shape index (κ2) is 9.00.